The molecule has 68 valence electrons. The molecule has 1 aromatic heterocycles. The molecule has 0 aliphatic rings. The van der Waals surface area contributed by atoms with Gasteiger partial charge in [0, 0.05) is 18.0 Å². The van der Waals surface area contributed by atoms with Crippen molar-refractivity contribution in [3.63, 3.8) is 0 Å². The molecule has 0 saturated heterocycles. The van der Waals surface area contributed by atoms with Gasteiger partial charge in [0.25, 0.3) is 0 Å². The van der Waals surface area contributed by atoms with Crippen molar-refractivity contribution in [2.75, 3.05) is 0 Å². The van der Waals surface area contributed by atoms with E-state index in [1.807, 2.05) is 25.2 Å². The molecule has 0 fully saturated rings. The molecule has 0 radical (unpaired) electrons. The first kappa shape index (κ1) is 8.26. The van der Waals surface area contributed by atoms with Crippen molar-refractivity contribution >= 4 is 10.9 Å². The highest BCUT2D eigenvalue weighted by molar-refractivity contribution is 5.82. The largest absolute Gasteiger partial charge is 0.389 e. The molecule has 0 aliphatic carbocycles. The van der Waals surface area contributed by atoms with Crippen LogP contribution in [-0.4, -0.2) is 14.9 Å². The van der Waals surface area contributed by atoms with Crippen LogP contribution in [0.5, 0.6) is 0 Å². The van der Waals surface area contributed by atoms with Crippen molar-refractivity contribution < 1.29 is 5.11 Å². The van der Waals surface area contributed by atoms with Crippen LogP contribution in [0.4, 0.5) is 0 Å². The minimum atomic E-state index is -0.445. The summed E-state index contributed by atoms with van der Waals surface area (Å²) < 4.78 is 1.79. The molecule has 3 nitrogen and oxygen atoms in total. The van der Waals surface area contributed by atoms with Gasteiger partial charge < -0.3 is 5.11 Å². The molecule has 0 saturated carbocycles. The molecule has 0 bridgehead atoms. The number of nitrogens with zero attached hydrogens (tertiary/aromatic N) is 2. The second-order valence-corrected chi connectivity index (χ2v) is 3.23. The molecule has 3 heteroatoms. The lowest BCUT2D eigenvalue weighted by atomic mass is 10.1. The van der Waals surface area contributed by atoms with E-state index < -0.39 is 6.10 Å². The maximum absolute atomic E-state index is 9.52. The predicted octanol–water partition coefficient (Wildman–Crippen LogP) is 1.63. The van der Waals surface area contributed by atoms with Gasteiger partial charge in [0.1, 0.15) is 0 Å². The number of para-hydroxylation sites is 1. The smallest absolute Gasteiger partial charge is 0.0782 e. The maximum Gasteiger partial charge on any atom is 0.0782 e. The van der Waals surface area contributed by atoms with E-state index >= 15 is 0 Å². The molecule has 0 amide bonds. The number of hydrogen-bond acceptors (Lipinski definition) is 2. The average molecular weight is 176 g/mol. The molecule has 1 N–H and O–H groups in total. The van der Waals surface area contributed by atoms with Crippen molar-refractivity contribution in [1.29, 1.82) is 0 Å². The molecule has 1 heterocycles. The van der Waals surface area contributed by atoms with Crippen LogP contribution in [0.3, 0.4) is 0 Å². The van der Waals surface area contributed by atoms with E-state index in [9.17, 15) is 5.11 Å². The quantitative estimate of drug-likeness (QED) is 0.717. The molecule has 2 rings (SSSR count). The highest BCUT2D eigenvalue weighted by Crippen LogP contribution is 2.22. The summed E-state index contributed by atoms with van der Waals surface area (Å²) in [4.78, 5) is 0. The van der Waals surface area contributed by atoms with E-state index in [1.54, 1.807) is 17.8 Å². The molecule has 2 aromatic rings. The van der Waals surface area contributed by atoms with Crippen LogP contribution in [0.2, 0.25) is 0 Å². The van der Waals surface area contributed by atoms with Gasteiger partial charge in [0.05, 0.1) is 17.8 Å². The van der Waals surface area contributed by atoms with Gasteiger partial charge >= 0.3 is 0 Å². The Hall–Kier alpha value is -1.35. The monoisotopic (exact) mass is 176 g/mol. The Morgan fingerprint density at radius 3 is 2.92 bits per heavy atom. The molecular weight excluding hydrogens is 164 g/mol. The summed E-state index contributed by atoms with van der Waals surface area (Å²) in [6, 6.07) is 5.86. The lowest BCUT2D eigenvalue weighted by Gasteiger charge is -2.06. The highest BCUT2D eigenvalue weighted by Gasteiger charge is 2.08. The third kappa shape index (κ3) is 1.21. The van der Waals surface area contributed by atoms with Crippen molar-refractivity contribution in [3.8, 4) is 0 Å². The van der Waals surface area contributed by atoms with Crippen LogP contribution in [0, 0.1) is 0 Å². The van der Waals surface area contributed by atoms with Gasteiger partial charge in [-0.05, 0) is 6.92 Å². The van der Waals surface area contributed by atoms with Crippen molar-refractivity contribution in [2.24, 2.45) is 7.05 Å². The van der Waals surface area contributed by atoms with Gasteiger partial charge in [-0.15, -0.1) is 0 Å². The summed E-state index contributed by atoms with van der Waals surface area (Å²) in [6.45, 7) is 1.77. The average Bonchev–Trinajstić information content (AvgIpc) is 2.48. The number of aliphatic hydroxyl groups is 1. The van der Waals surface area contributed by atoms with E-state index in [0.29, 0.717) is 0 Å². The minimum Gasteiger partial charge on any atom is -0.389 e. The van der Waals surface area contributed by atoms with Crippen LogP contribution >= 0.6 is 0 Å². The van der Waals surface area contributed by atoms with Gasteiger partial charge in [0.2, 0.25) is 0 Å². The number of aryl methyl sites for hydroxylation is 1. The molecule has 1 aromatic carbocycles. The summed E-state index contributed by atoms with van der Waals surface area (Å²) >= 11 is 0. The second-order valence-electron chi connectivity index (χ2n) is 3.23. The van der Waals surface area contributed by atoms with Crippen molar-refractivity contribution in [1.82, 2.24) is 9.78 Å². The Morgan fingerprint density at radius 1 is 1.46 bits per heavy atom. The molecule has 13 heavy (non-hydrogen) atoms. The Labute approximate surface area is 76.6 Å². The van der Waals surface area contributed by atoms with Gasteiger partial charge in [-0.3, -0.25) is 4.68 Å². The van der Waals surface area contributed by atoms with E-state index in [1.165, 1.54) is 0 Å². The molecule has 1 atom stereocenters. The normalized spacial score (nSPS) is 13.5. The van der Waals surface area contributed by atoms with Crippen LogP contribution in [-0.2, 0) is 7.05 Å². The summed E-state index contributed by atoms with van der Waals surface area (Å²) in [6.07, 6.45) is 1.36. The molecule has 1 unspecified atom stereocenters. The van der Waals surface area contributed by atoms with E-state index in [2.05, 4.69) is 5.10 Å². The van der Waals surface area contributed by atoms with Gasteiger partial charge in [0.15, 0.2) is 0 Å². The first-order valence-corrected chi connectivity index (χ1v) is 4.29. The molecule has 0 aliphatic heterocycles. The summed E-state index contributed by atoms with van der Waals surface area (Å²) in [7, 11) is 1.88. The summed E-state index contributed by atoms with van der Waals surface area (Å²) in [5.41, 5.74) is 1.94. The van der Waals surface area contributed by atoms with Crippen molar-refractivity contribution in [2.45, 2.75) is 13.0 Å². The lowest BCUT2D eigenvalue weighted by molar-refractivity contribution is 0.200. The zero-order chi connectivity index (χ0) is 9.42. The maximum atomic E-state index is 9.52. The van der Waals surface area contributed by atoms with Crippen LogP contribution in [0.25, 0.3) is 10.9 Å². The lowest BCUT2D eigenvalue weighted by Crippen LogP contribution is -1.97. The SMILES string of the molecule is CC(O)c1cccc2cnn(C)c12. The number of rotatable bonds is 1. The van der Waals surface area contributed by atoms with Crippen LogP contribution in [0.1, 0.15) is 18.6 Å². The summed E-state index contributed by atoms with van der Waals surface area (Å²) in [5, 5.41) is 14.7. The van der Waals surface area contributed by atoms with Gasteiger partial charge in [-0.25, -0.2) is 0 Å². The zero-order valence-electron chi connectivity index (χ0n) is 7.73. The Bertz CT molecular complexity index is 431. The third-order valence-corrected chi connectivity index (χ3v) is 2.24. The Balaban J connectivity index is 2.80. The van der Waals surface area contributed by atoms with Crippen LogP contribution in [0.15, 0.2) is 24.4 Å². The van der Waals surface area contributed by atoms with Crippen molar-refractivity contribution in [3.05, 3.63) is 30.0 Å². The standard InChI is InChI=1S/C10H12N2O/c1-7(13)9-5-3-4-8-6-11-12(2)10(8)9/h3-7,13H,1-2H3. The van der Waals surface area contributed by atoms with E-state index in [0.717, 1.165) is 16.5 Å². The van der Waals surface area contributed by atoms with Gasteiger partial charge in [-0.2, -0.15) is 5.10 Å². The first-order valence-electron chi connectivity index (χ1n) is 4.29. The Morgan fingerprint density at radius 2 is 2.23 bits per heavy atom. The predicted molar refractivity (Wildman–Crippen MR) is 51.3 cm³/mol. The number of hydrogen-bond donors (Lipinski definition) is 1. The number of benzene rings is 1. The van der Waals surface area contributed by atoms with E-state index in [4.69, 9.17) is 0 Å². The number of aliphatic hydroxyl groups excluding tert-OH is 1. The third-order valence-electron chi connectivity index (χ3n) is 2.24. The number of aromatic nitrogens is 2. The molecule has 0 spiro atoms. The second kappa shape index (κ2) is 2.85. The zero-order valence-corrected chi connectivity index (χ0v) is 7.73. The summed E-state index contributed by atoms with van der Waals surface area (Å²) in [5.74, 6) is 0. The Kier molecular flexibility index (Phi) is 1.81. The highest BCUT2D eigenvalue weighted by atomic mass is 16.3. The fourth-order valence-corrected chi connectivity index (χ4v) is 1.60. The first-order chi connectivity index (χ1) is 6.20. The van der Waals surface area contributed by atoms with E-state index in [-0.39, 0.29) is 0 Å². The van der Waals surface area contributed by atoms with Crippen LogP contribution < -0.4 is 0 Å². The topological polar surface area (TPSA) is 38.1 Å². The fourth-order valence-electron chi connectivity index (χ4n) is 1.60. The fraction of sp³-hybridized carbons (Fsp3) is 0.300. The minimum absolute atomic E-state index is 0.445. The molecular formula is C10H12N2O. The number of fused-ring (bicyclic) bond motifs is 1. The van der Waals surface area contributed by atoms with Gasteiger partial charge in [-0.1, -0.05) is 18.2 Å².